The number of halogens is 3. The Morgan fingerprint density at radius 1 is 1.48 bits per heavy atom. The van der Waals surface area contributed by atoms with Crippen molar-refractivity contribution in [1.82, 2.24) is 10.6 Å². The molecule has 1 aliphatic rings. The van der Waals surface area contributed by atoms with E-state index in [9.17, 15) is 9.18 Å². The van der Waals surface area contributed by atoms with E-state index in [1.54, 1.807) is 6.07 Å². The second kappa shape index (κ2) is 9.23. The molecule has 1 aromatic rings. The highest BCUT2D eigenvalue weighted by atomic mass is 35.5. The third-order valence-electron chi connectivity index (χ3n) is 3.67. The Hall–Kier alpha value is -0.840. The molecule has 0 radical (unpaired) electrons. The lowest BCUT2D eigenvalue weighted by atomic mass is 10.0. The smallest absolute Gasteiger partial charge is 0.220 e. The summed E-state index contributed by atoms with van der Waals surface area (Å²) in [6.45, 7) is 2.63. The van der Waals surface area contributed by atoms with E-state index in [-0.39, 0.29) is 24.1 Å². The molecule has 0 aromatic heterocycles. The van der Waals surface area contributed by atoms with Crippen LogP contribution >= 0.6 is 24.0 Å². The minimum atomic E-state index is -0.340. The SMILES string of the molecule is Cl.O=C(CCC1CCNC1)NCCc1ccc(F)cc1Cl. The molecular weight excluding hydrogens is 314 g/mol. The molecular formula is C15H21Cl2FN2O. The van der Waals surface area contributed by atoms with Crippen molar-refractivity contribution in [2.75, 3.05) is 19.6 Å². The van der Waals surface area contributed by atoms with Crippen LogP contribution in [0, 0.1) is 11.7 Å². The highest BCUT2D eigenvalue weighted by Gasteiger charge is 2.15. The normalized spacial score (nSPS) is 17.3. The van der Waals surface area contributed by atoms with Gasteiger partial charge < -0.3 is 10.6 Å². The van der Waals surface area contributed by atoms with Crippen LogP contribution in [0.2, 0.25) is 5.02 Å². The van der Waals surface area contributed by atoms with Crippen LogP contribution in [-0.2, 0) is 11.2 Å². The summed E-state index contributed by atoms with van der Waals surface area (Å²) < 4.78 is 12.9. The van der Waals surface area contributed by atoms with Crippen molar-refractivity contribution < 1.29 is 9.18 Å². The Balaban J connectivity index is 0.00000220. The Labute approximate surface area is 136 Å². The second-order valence-electron chi connectivity index (χ2n) is 5.23. The molecule has 0 saturated carbocycles. The molecule has 0 aliphatic carbocycles. The predicted molar refractivity (Wildman–Crippen MR) is 85.6 cm³/mol. The molecule has 6 heteroatoms. The van der Waals surface area contributed by atoms with Crippen molar-refractivity contribution in [3.8, 4) is 0 Å². The van der Waals surface area contributed by atoms with Gasteiger partial charge in [0.05, 0.1) is 0 Å². The van der Waals surface area contributed by atoms with E-state index in [0.29, 0.717) is 30.3 Å². The van der Waals surface area contributed by atoms with Crippen molar-refractivity contribution in [3.05, 3.63) is 34.6 Å². The number of rotatable bonds is 6. The molecule has 0 bridgehead atoms. The first-order valence-corrected chi connectivity index (χ1v) is 7.44. The maximum atomic E-state index is 12.9. The highest BCUT2D eigenvalue weighted by molar-refractivity contribution is 6.31. The van der Waals surface area contributed by atoms with Gasteiger partial charge >= 0.3 is 0 Å². The summed E-state index contributed by atoms with van der Waals surface area (Å²) >= 11 is 5.93. The van der Waals surface area contributed by atoms with Crippen molar-refractivity contribution in [2.45, 2.75) is 25.7 Å². The Kier molecular flexibility index (Phi) is 8.01. The molecule has 2 N–H and O–H groups in total. The molecule has 1 atom stereocenters. The van der Waals surface area contributed by atoms with Gasteiger partial charge in [-0.3, -0.25) is 4.79 Å². The zero-order chi connectivity index (χ0) is 14.4. The number of carbonyl (C=O) groups excluding carboxylic acids is 1. The number of nitrogens with one attached hydrogen (secondary N) is 2. The van der Waals surface area contributed by atoms with E-state index >= 15 is 0 Å². The molecule has 1 aromatic carbocycles. The average Bonchev–Trinajstić information content (AvgIpc) is 2.92. The van der Waals surface area contributed by atoms with Crippen LogP contribution in [0.4, 0.5) is 4.39 Å². The zero-order valence-corrected chi connectivity index (χ0v) is 13.4. The fraction of sp³-hybridized carbons (Fsp3) is 0.533. The van der Waals surface area contributed by atoms with Crippen LogP contribution in [0.5, 0.6) is 0 Å². The van der Waals surface area contributed by atoms with E-state index < -0.39 is 0 Å². The summed E-state index contributed by atoms with van der Waals surface area (Å²) in [4.78, 5) is 11.7. The summed E-state index contributed by atoms with van der Waals surface area (Å²) in [5, 5.41) is 6.59. The summed E-state index contributed by atoms with van der Waals surface area (Å²) in [6, 6.07) is 4.34. The standard InChI is InChI=1S/C15H20ClFN2O.ClH/c16-14-9-13(17)3-2-12(14)6-8-19-15(20)4-1-11-5-7-18-10-11;/h2-3,9,11,18H,1,4-8,10H2,(H,19,20);1H. The van der Waals surface area contributed by atoms with E-state index in [4.69, 9.17) is 11.6 Å². The van der Waals surface area contributed by atoms with Crippen LogP contribution in [0.15, 0.2) is 18.2 Å². The van der Waals surface area contributed by atoms with Gasteiger partial charge in [0.15, 0.2) is 0 Å². The maximum Gasteiger partial charge on any atom is 0.220 e. The van der Waals surface area contributed by atoms with Gasteiger partial charge in [-0.15, -0.1) is 12.4 Å². The quantitative estimate of drug-likeness (QED) is 0.839. The predicted octanol–water partition coefficient (Wildman–Crippen LogP) is 2.95. The first-order chi connectivity index (χ1) is 9.65. The first-order valence-electron chi connectivity index (χ1n) is 7.06. The zero-order valence-electron chi connectivity index (χ0n) is 11.8. The van der Waals surface area contributed by atoms with Gasteiger partial charge in [0.25, 0.3) is 0 Å². The van der Waals surface area contributed by atoms with Gasteiger partial charge in [-0.25, -0.2) is 4.39 Å². The topological polar surface area (TPSA) is 41.1 Å². The molecule has 21 heavy (non-hydrogen) atoms. The van der Waals surface area contributed by atoms with E-state index in [0.717, 1.165) is 25.1 Å². The van der Waals surface area contributed by atoms with Crippen LogP contribution in [0.3, 0.4) is 0 Å². The van der Waals surface area contributed by atoms with E-state index in [1.807, 2.05) is 0 Å². The van der Waals surface area contributed by atoms with E-state index in [2.05, 4.69) is 10.6 Å². The minimum absolute atomic E-state index is 0. The molecule has 1 saturated heterocycles. The molecule has 2 rings (SSSR count). The molecule has 1 heterocycles. The lowest BCUT2D eigenvalue weighted by Crippen LogP contribution is -2.26. The van der Waals surface area contributed by atoms with Gasteiger partial charge in [-0.05, 0) is 56.0 Å². The van der Waals surface area contributed by atoms with E-state index in [1.165, 1.54) is 18.6 Å². The van der Waals surface area contributed by atoms with Crippen molar-refractivity contribution >= 4 is 29.9 Å². The number of hydrogen-bond acceptors (Lipinski definition) is 2. The lowest BCUT2D eigenvalue weighted by molar-refractivity contribution is -0.121. The Morgan fingerprint density at radius 3 is 2.95 bits per heavy atom. The molecule has 1 aliphatic heterocycles. The van der Waals surface area contributed by atoms with Gasteiger partial charge in [0.1, 0.15) is 5.82 Å². The maximum absolute atomic E-state index is 12.9. The first kappa shape index (κ1) is 18.2. The fourth-order valence-electron chi connectivity index (χ4n) is 2.45. The van der Waals surface area contributed by atoms with Gasteiger partial charge in [0.2, 0.25) is 5.91 Å². The molecule has 118 valence electrons. The third-order valence-corrected chi connectivity index (χ3v) is 4.03. The fourth-order valence-corrected chi connectivity index (χ4v) is 2.71. The molecule has 1 fully saturated rings. The highest BCUT2D eigenvalue weighted by Crippen LogP contribution is 2.17. The van der Waals surface area contributed by atoms with Gasteiger partial charge in [-0.1, -0.05) is 17.7 Å². The minimum Gasteiger partial charge on any atom is -0.356 e. The lowest BCUT2D eigenvalue weighted by Gasteiger charge is -2.09. The van der Waals surface area contributed by atoms with Gasteiger partial charge in [0, 0.05) is 18.0 Å². The summed E-state index contributed by atoms with van der Waals surface area (Å²) in [7, 11) is 0. The Morgan fingerprint density at radius 2 is 2.29 bits per heavy atom. The van der Waals surface area contributed by atoms with Crippen molar-refractivity contribution in [3.63, 3.8) is 0 Å². The third kappa shape index (κ3) is 6.20. The molecule has 1 amide bonds. The van der Waals surface area contributed by atoms with Crippen molar-refractivity contribution in [2.24, 2.45) is 5.92 Å². The molecule has 1 unspecified atom stereocenters. The number of carbonyl (C=O) groups is 1. The van der Waals surface area contributed by atoms with Crippen molar-refractivity contribution in [1.29, 1.82) is 0 Å². The number of benzene rings is 1. The van der Waals surface area contributed by atoms with Crippen LogP contribution in [0.1, 0.15) is 24.8 Å². The van der Waals surface area contributed by atoms with Gasteiger partial charge in [-0.2, -0.15) is 0 Å². The summed E-state index contributed by atoms with van der Waals surface area (Å²) in [5.74, 6) is 0.371. The van der Waals surface area contributed by atoms with Crippen LogP contribution in [-0.4, -0.2) is 25.5 Å². The van der Waals surface area contributed by atoms with Crippen LogP contribution < -0.4 is 10.6 Å². The van der Waals surface area contributed by atoms with Crippen LogP contribution in [0.25, 0.3) is 0 Å². The average molecular weight is 335 g/mol. The monoisotopic (exact) mass is 334 g/mol. The number of hydrogen-bond donors (Lipinski definition) is 2. The molecule has 3 nitrogen and oxygen atoms in total. The Bertz CT molecular complexity index is 465. The largest absolute Gasteiger partial charge is 0.356 e. The number of amides is 1. The summed E-state index contributed by atoms with van der Waals surface area (Å²) in [6.07, 6.45) is 3.30. The molecule has 0 spiro atoms. The second-order valence-corrected chi connectivity index (χ2v) is 5.64. The summed E-state index contributed by atoms with van der Waals surface area (Å²) in [5.41, 5.74) is 0.855.